The summed E-state index contributed by atoms with van der Waals surface area (Å²) in [6.07, 6.45) is 76.6. The van der Waals surface area contributed by atoms with Crippen LogP contribution in [0.2, 0.25) is 0 Å². The van der Waals surface area contributed by atoms with Crippen molar-refractivity contribution in [1.82, 2.24) is 5.32 Å². The molecule has 10 heteroatoms. The number of rotatable bonds is 69. The van der Waals surface area contributed by atoms with E-state index in [-0.39, 0.29) is 25.1 Å². The first-order valence-electron chi connectivity index (χ1n) is 37.0. The van der Waals surface area contributed by atoms with E-state index in [9.17, 15) is 19.0 Å². The highest BCUT2D eigenvalue weighted by molar-refractivity contribution is 7.47. The highest BCUT2D eigenvalue weighted by atomic mass is 31.2. The molecule has 0 spiro atoms. The van der Waals surface area contributed by atoms with Gasteiger partial charge in [0.25, 0.3) is 0 Å². The third-order valence-electron chi connectivity index (χ3n) is 17.2. The third-order valence-corrected chi connectivity index (χ3v) is 18.2. The molecule has 0 rings (SSSR count). The Morgan fingerprint density at radius 3 is 0.988 bits per heavy atom. The van der Waals surface area contributed by atoms with Gasteiger partial charge in [-0.1, -0.05) is 361 Å². The van der Waals surface area contributed by atoms with Gasteiger partial charge >= 0.3 is 13.8 Å². The molecule has 9 nitrogen and oxygen atoms in total. The predicted octanol–water partition coefficient (Wildman–Crippen LogP) is 23.5. The van der Waals surface area contributed by atoms with Crippen LogP contribution >= 0.6 is 7.82 Å². The number of carbonyl (C=O) groups excluding carboxylic acids is 2. The maximum Gasteiger partial charge on any atom is 0.472 e. The normalized spacial score (nSPS) is 13.5. The second-order valence-electron chi connectivity index (χ2n) is 26.8. The topological polar surface area (TPSA) is 111 Å². The number of amides is 1. The van der Waals surface area contributed by atoms with E-state index in [1.807, 2.05) is 27.2 Å². The maximum absolute atomic E-state index is 13.6. The fourth-order valence-electron chi connectivity index (χ4n) is 11.5. The van der Waals surface area contributed by atoms with E-state index in [1.165, 1.54) is 302 Å². The van der Waals surface area contributed by atoms with Crippen molar-refractivity contribution < 1.29 is 37.3 Å². The summed E-state index contributed by atoms with van der Waals surface area (Å²) in [4.78, 5) is 37.9. The summed E-state index contributed by atoms with van der Waals surface area (Å²) in [6.45, 7) is 7.10. The fourth-order valence-corrected chi connectivity index (χ4v) is 12.3. The zero-order chi connectivity index (χ0) is 60.7. The Bertz CT molecular complexity index is 1420. The molecule has 0 radical (unpaired) electrons. The first kappa shape index (κ1) is 81.8. The molecule has 0 aliphatic rings. The highest BCUT2D eigenvalue weighted by Gasteiger charge is 2.30. The van der Waals surface area contributed by atoms with E-state index in [0.717, 1.165) is 57.8 Å². The lowest BCUT2D eigenvalue weighted by Crippen LogP contribution is -2.47. The number of ether oxygens (including phenoxy) is 1. The molecule has 0 saturated heterocycles. The molecule has 0 heterocycles. The van der Waals surface area contributed by atoms with Gasteiger partial charge in [-0.2, -0.15) is 0 Å². The van der Waals surface area contributed by atoms with E-state index in [4.69, 9.17) is 13.8 Å². The average molecular weight is 1190 g/mol. The molecule has 0 aromatic heterocycles. The van der Waals surface area contributed by atoms with Crippen molar-refractivity contribution in [3.8, 4) is 0 Å². The number of quaternary nitrogens is 1. The monoisotopic (exact) mass is 1190 g/mol. The molecule has 0 fully saturated rings. The lowest BCUT2D eigenvalue weighted by atomic mass is 10.0. The molecular formula is C73H146N2O7P+. The Morgan fingerprint density at radius 2 is 0.687 bits per heavy atom. The SMILES string of the molecule is CCCCCCCCCCCCC/C=C\C(OC(=O)CCCCCCCCCCCCCCCCCCCCCCCCCCC)C(COP(=O)(O)OCC[N+](C)(C)C)NC(=O)CCCCCCCCCCCCCCCCCCCCC. The van der Waals surface area contributed by atoms with Gasteiger partial charge in [0.15, 0.2) is 0 Å². The quantitative estimate of drug-likeness (QED) is 0.0205. The van der Waals surface area contributed by atoms with Crippen LogP contribution < -0.4 is 5.32 Å². The van der Waals surface area contributed by atoms with Crippen LogP contribution in [0.3, 0.4) is 0 Å². The van der Waals surface area contributed by atoms with Crippen LogP contribution in [0.4, 0.5) is 0 Å². The minimum Gasteiger partial charge on any atom is -0.456 e. The van der Waals surface area contributed by atoms with Crippen molar-refractivity contribution in [3.63, 3.8) is 0 Å². The van der Waals surface area contributed by atoms with Crippen LogP contribution in [0.1, 0.15) is 393 Å². The third kappa shape index (κ3) is 65.0. The lowest BCUT2D eigenvalue weighted by Gasteiger charge is -2.27. The van der Waals surface area contributed by atoms with Crippen molar-refractivity contribution >= 4 is 19.7 Å². The van der Waals surface area contributed by atoms with Crippen molar-refractivity contribution in [3.05, 3.63) is 12.2 Å². The summed E-state index contributed by atoms with van der Waals surface area (Å²) in [7, 11) is 1.53. The molecule has 0 aromatic carbocycles. The van der Waals surface area contributed by atoms with E-state index >= 15 is 0 Å². The van der Waals surface area contributed by atoms with Crippen LogP contribution in [0.15, 0.2) is 12.2 Å². The molecule has 1 amide bonds. The van der Waals surface area contributed by atoms with E-state index in [2.05, 4.69) is 32.2 Å². The fraction of sp³-hybridized carbons (Fsp3) is 0.945. The second-order valence-corrected chi connectivity index (χ2v) is 28.3. The number of carbonyl (C=O) groups is 2. The zero-order valence-electron chi connectivity index (χ0n) is 56.7. The molecule has 3 unspecified atom stereocenters. The van der Waals surface area contributed by atoms with Gasteiger partial charge < -0.3 is 19.4 Å². The van der Waals surface area contributed by atoms with E-state index in [0.29, 0.717) is 23.9 Å². The molecular weight excluding hydrogens is 1050 g/mol. The molecule has 83 heavy (non-hydrogen) atoms. The van der Waals surface area contributed by atoms with Crippen LogP contribution in [0, 0.1) is 0 Å². The first-order chi connectivity index (χ1) is 40.4. The molecule has 0 bridgehead atoms. The van der Waals surface area contributed by atoms with Gasteiger partial charge in [0.2, 0.25) is 5.91 Å². The lowest BCUT2D eigenvalue weighted by molar-refractivity contribution is -0.870. The number of hydrogen-bond acceptors (Lipinski definition) is 6. The maximum atomic E-state index is 13.6. The molecule has 3 atom stereocenters. The van der Waals surface area contributed by atoms with Crippen molar-refractivity contribution in [2.75, 3.05) is 40.9 Å². The van der Waals surface area contributed by atoms with E-state index < -0.39 is 20.0 Å². The van der Waals surface area contributed by atoms with Crippen LogP contribution in [0.25, 0.3) is 0 Å². The van der Waals surface area contributed by atoms with Gasteiger partial charge in [0.05, 0.1) is 33.8 Å². The van der Waals surface area contributed by atoms with Crippen molar-refractivity contribution in [1.29, 1.82) is 0 Å². The van der Waals surface area contributed by atoms with Gasteiger partial charge in [-0.3, -0.25) is 18.6 Å². The number of likely N-dealkylation sites (N-methyl/N-ethyl adjacent to an activating group) is 1. The predicted molar refractivity (Wildman–Crippen MR) is 360 cm³/mol. The smallest absolute Gasteiger partial charge is 0.456 e. The molecule has 0 aliphatic carbocycles. The number of esters is 1. The molecule has 0 saturated carbocycles. The van der Waals surface area contributed by atoms with Crippen molar-refractivity contribution in [2.45, 2.75) is 405 Å². The Labute approximate surface area is 518 Å². The molecule has 0 aliphatic heterocycles. The minimum absolute atomic E-state index is 0.0462. The van der Waals surface area contributed by atoms with Gasteiger partial charge in [0.1, 0.15) is 19.3 Å². The summed E-state index contributed by atoms with van der Waals surface area (Å²) < 4.78 is 30.9. The summed E-state index contributed by atoms with van der Waals surface area (Å²) >= 11 is 0. The molecule has 2 N–H and O–H groups in total. The zero-order valence-corrected chi connectivity index (χ0v) is 57.6. The Morgan fingerprint density at radius 1 is 0.410 bits per heavy atom. The Kier molecular flexibility index (Phi) is 62.8. The number of phosphoric acid groups is 1. The van der Waals surface area contributed by atoms with E-state index in [1.54, 1.807) is 0 Å². The largest absolute Gasteiger partial charge is 0.472 e. The van der Waals surface area contributed by atoms with Gasteiger partial charge in [0, 0.05) is 12.8 Å². The number of phosphoric ester groups is 1. The first-order valence-corrected chi connectivity index (χ1v) is 38.5. The number of nitrogens with one attached hydrogen (secondary N) is 1. The Hall–Kier alpha value is -1.25. The van der Waals surface area contributed by atoms with Crippen LogP contribution in [0.5, 0.6) is 0 Å². The number of nitrogens with zero attached hydrogens (tertiary/aromatic N) is 1. The van der Waals surface area contributed by atoms with Crippen molar-refractivity contribution in [2.24, 2.45) is 0 Å². The number of allylic oxidation sites excluding steroid dienone is 1. The van der Waals surface area contributed by atoms with Gasteiger partial charge in [-0.05, 0) is 31.8 Å². The average Bonchev–Trinajstić information content (AvgIpc) is 3.47. The van der Waals surface area contributed by atoms with Gasteiger partial charge in [-0.25, -0.2) is 4.57 Å². The van der Waals surface area contributed by atoms with Crippen LogP contribution in [-0.4, -0.2) is 74.3 Å². The van der Waals surface area contributed by atoms with Crippen LogP contribution in [-0.2, 0) is 27.9 Å². The summed E-state index contributed by atoms with van der Waals surface area (Å²) in [5, 5.41) is 3.08. The number of hydrogen-bond donors (Lipinski definition) is 2. The minimum atomic E-state index is -4.45. The summed E-state index contributed by atoms with van der Waals surface area (Å²) in [5.41, 5.74) is 0. The molecule has 494 valence electrons. The Balaban J connectivity index is 5.00. The standard InChI is InChI=1S/C73H145N2O7P/c1-7-10-13-16-19-22-25-28-30-32-34-35-36-37-38-39-41-43-45-48-51-54-57-60-63-66-73(77)82-71(64-61-58-55-52-49-46-27-24-21-18-15-12-9-3)70(69-81-83(78,79)80-68-67-75(4,5)6)74-72(76)65-62-59-56-53-50-47-44-42-40-33-31-29-26-23-20-17-14-11-8-2/h61,64,70-71H,7-60,62-63,65-69H2,1-6H3,(H-,74,76,78,79)/p+1/b64-61-. The summed E-state index contributed by atoms with van der Waals surface area (Å²) in [6, 6.07) is -0.841. The highest BCUT2D eigenvalue weighted by Crippen LogP contribution is 2.43. The number of unbranched alkanes of at least 4 members (excludes halogenated alkanes) is 53. The second kappa shape index (κ2) is 63.8. The van der Waals surface area contributed by atoms with Gasteiger partial charge in [-0.15, -0.1) is 0 Å². The molecule has 0 aromatic rings. The summed E-state index contributed by atoms with van der Waals surface area (Å²) in [5.74, 6) is -0.475.